The Bertz CT molecular complexity index is 572. The molecule has 2 rings (SSSR count). The fraction of sp³-hybridized carbons (Fsp3) is 0.588. The molecule has 0 bridgehead atoms. The van der Waals surface area contributed by atoms with Crippen LogP contribution in [-0.2, 0) is 28.6 Å². The van der Waals surface area contributed by atoms with Gasteiger partial charge in [0.2, 0.25) is 0 Å². The minimum absolute atomic E-state index is 0.305. The maximum Gasteiger partial charge on any atom is 0.327 e. The number of fused-ring (bicyclic) bond motifs is 1. The van der Waals surface area contributed by atoms with Gasteiger partial charge < -0.3 is 14.2 Å². The highest BCUT2D eigenvalue weighted by Gasteiger charge is 2.59. The van der Waals surface area contributed by atoms with E-state index in [9.17, 15) is 14.4 Å². The third-order valence-electron chi connectivity index (χ3n) is 5.05. The van der Waals surface area contributed by atoms with Crippen molar-refractivity contribution in [3.8, 4) is 0 Å². The molecule has 0 heterocycles. The molecule has 0 spiro atoms. The van der Waals surface area contributed by atoms with Crippen LogP contribution < -0.4 is 0 Å². The van der Waals surface area contributed by atoms with Crippen molar-refractivity contribution in [1.29, 1.82) is 0 Å². The second-order valence-corrected chi connectivity index (χ2v) is 6.09. The van der Waals surface area contributed by atoms with Crippen molar-refractivity contribution in [3.63, 3.8) is 0 Å². The second kappa shape index (κ2) is 6.18. The highest BCUT2D eigenvalue weighted by atomic mass is 16.5. The number of hydrogen-bond acceptors (Lipinski definition) is 6. The Kier molecular flexibility index (Phi) is 4.63. The van der Waals surface area contributed by atoms with Gasteiger partial charge in [-0.05, 0) is 25.3 Å². The van der Waals surface area contributed by atoms with E-state index in [-0.39, 0.29) is 5.92 Å². The first kappa shape index (κ1) is 17.2. The standard InChI is InChI=1S/C17H22O6/c1-16(13(18)21-2)9-5-8-12-11(16)7-6-10-17(12,14(19)22-3)15(20)23-4/h5,8-9,11H,6-7,10H2,1-4H3/t11-,16-/m1/s1. The summed E-state index contributed by atoms with van der Waals surface area (Å²) < 4.78 is 14.7. The van der Waals surface area contributed by atoms with Gasteiger partial charge in [0.05, 0.1) is 26.7 Å². The molecule has 0 aromatic carbocycles. The quantitative estimate of drug-likeness (QED) is 0.448. The van der Waals surface area contributed by atoms with E-state index in [0.717, 1.165) is 0 Å². The van der Waals surface area contributed by atoms with Crippen molar-refractivity contribution < 1.29 is 28.6 Å². The van der Waals surface area contributed by atoms with Crippen LogP contribution in [0.1, 0.15) is 26.2 Å². The van der Waals surface area contributed by atoms with Crippen molar-refractivity contribution in [2.75, 3.05) is 21.3 Å². The number of allylic oxidation sites excluding steroid dienone is 2. The van der Waals surface area contributed by atoms with Crippen LogP contribution in [0.4, 0.5) is 0 Å². The van der Waals surface area contributed by atoms with Gasteiger partial charge in [-0.2, -0.15) is 0 Å². The average Bonchev–Trinajstić information content (AvgIpc) is 2.59. The van der Waals surface area contributed by atoms with Gasteiger partial charge in [-0.15, -0.1) is 0 Å². The number of hydrogen-bond donors (Lipinski definition) is 0. The molecular formula is C17H22O6. The Morgan fingerprint density at radius 3 is 2.13 bits per heavy atom. The Hall–Kier alpha value is -2.11. The molecule has 2 aliphatic carbocycles. The van der Waals surface area contributed by atoms with E-state index in [0.29, 0.717) is 24.8 Å². The van der Waals surface area contributed by atoms with Gasteiger partial charge >= 0.3 is 17.9 Å². The van der Waals surface area contributed by atoms with Crippen molar-refractivity contribution in [2.24, 2.45) is 16.7 Å². The lowest BCUT2D eigenvalue weighted by molar-refractivity contribution is -0.170. The molecular weight excluding hydrogens is 300 g/mol. The van der Waals surface area contributed by atoms with Crippen LogP contribution in [0.25, 0.3) is 0 Å². The maximum absolute atomic E-state index is 12.5. The Morgan fingerprint density at radius 1 is 1.04 bits per heavy atom. The molecule has 2 aliphatic rings. The molecule has 6 nitrogen and oxygen atoms in total. The average molecular weight is 322 g/mol. The van der Waals surface area contributed by atoms with Gasteiger partial charge in [-0.1, -0.05) is 24.6 Å². The first-order chi connectivity index (χ1) is 10.9. The zero-order chi connectivity index (χ0) is 17.3. The molecule has 0 aliphatic heterocycles. The van der Waals surface area contributed by atoms with Gasteiger partial charge in [0.25, 0.3) is 0 Å². The first-order valence-electron chi connectivity index (χ1n) is 7.53. The van der Waals surface area contributed by atoms with Crippen LogP contribution in [0, 0.1) is 16.7 Å². The molecule has 0 unspecified atom stereocenters. The van der Waals surface area contributed by atoms with Crippen LogP contribution in [0.2, 0.25) is 0 Å². The Morgan fingerprint density at radius 2 is 1.61 bits per heavy atom. The zero-order valence-corrected chi connectivity index (χ0v) is 13.9. The first-order valence-corrected chi connectivity index (χ1v) is 7.53. The summed E-state index contributed by atoms with van der Waals surface area (Å²) in [6, 6.07) is 0. The summed E-state index contributed by atoms with van der Waals surface area (Å²) in [4.78, 5) is 37.3. The fourth-order valence-electron chi connectivity index (χ4n) is 3.82. The lowest BCUT2D eigenvalue weighted by Gasteiger charge is -2.46. The van der Waals surface area contributed by atoms with E-state index in [2.05, 4.69) is 0 Å². The van der Waals surface area contributed by atoms with Gasteiger partial charge in [0.15, 0.2) is 5.41 Å². The summed E-state index contributed by atoms with van der Waals surface area (Å²) >= 11 is 0. The molecule has 0 radical (unpaired) electrons. The predicted molar refractivity (Wildman–Crippen MR) is 81.2 cm³/mol. The summed E-state index contributed by atoms with van der Waals surface area (Å²) in [5.41, 5.74) is -1.85. The largest absolute Gasteiger partial charge is 0.468 e. The van der Waals surface area contributed by atoms with Crippen molar-refractivity contribution in [1.82, 2.24) is 0 Å². The molecule has 0 saturated heterocycles. The number of rotatable bonds is 3. The van der Waals surface area contributed by atoms with E-state index in [1.54, 1.807) is 25.2 Å². The SMILES string of the molecule is COC(=O)C1(C(=O)OC)CCC[C@@H]2C1=CC=C[C@@]2(C)C(=O)OC. The van der Waals surface area contributed by atoms with Crippen molar-refractivity contribution in [3.05, 3.63) is 23.8 Å². The van der Waals surface area contributed by atoms with Crippen molar-refractivity contribution >= 4 is 17.9 Å². The van der Waals surface area contributed by atoms with Crippen LogP contribution >= 0.6 is 0 Å². The topological polar surface area (TPSA) is 78.9 Å². The van der Waals surface area contributed by atoms with E-state index >= 15 is 0 Å². The molecule has 1 saturated carbocycles. The number of ether oxygens (including phenoxy) is 3. The molecule has 126 valence electrons. The minimum atomic E-state index is -1.49. The van der Waals surface area contributed by atoms with Crippen LogP contribution in [0.5, 0.6) is 0 Å². The highest BCUT2D eigenvalue weighted by Crippen LogP contribution is 2.54. The van der Waals surface area contributed by atoms with Gasteiger partial charge in [-0.3, -0.25) is 14.4 Å². The molecule has 0 amide bonds. The fourth-order valence-corrected chi connectivity index (χ4v) is 3.82. The molecule has 6 heteroatoms. The Balaban J connectivity index is 2.59. The smallest absolute Gasteiger partial charge is 0.327 e. The van der Waals surface area contributed by atoms with Gasteiger partial charge in [-0.25, -0.2) is 0 Å². The molecule has 1 fully saturated rings. The van der Waals surface area contributed by atoms with Gasteiger partial charge in [0.1, 0.15) is 0 Å². The summed E-state index contributed by atoms with van der Waals surface area (Å²) in [5, 5.41) is 0. The van der Waals surface area contributed by atoms with E-state index < -0.39 is 28.7 Å². The van der Waals surface area contributed by atoms with E-state index in [1.807, 2.05) is 0 Å². The lowest BCUT2D eigenvalue weighted by Crippen LogP contribution is -2.51. The summed E-state index contributed by atoms with van der Waals surface area (Å²) in [5.74, 6) is -2.01. The third-order valence-corrected chi connectivity index (χ3v) is 5.05. The maximum atomic E-state index is 12.5. The molecule has 23 heavy (non-hydrogen) atoms. The minimum Gasteiger partial charge on any atom is -0.468 e. The second-order valence-electron chi connectivity index (χ2n) is 6.09. The third kappa shape index (κ3) is 2.36. The number of esters is 3. The number of methoxy groups -OCH3 is 3. The van der Waals surface area contributed by atoms with Crippen LogP contribution in [0.15, 0.2) is 23.8 Å². The van der Waals surface area contributed by atoms with E-state index in [1.165, 1.54) is 21.3 Å². The van der Waals surface area contributed by atoms with E-state index in [4.69, 9.17) is 14.2 Å². The normalized spacial score (nSPS) is 28.2. The molecule has 2 atom stereocenters. The van der Waals surface area contributed by atoms with Crippen LogP contribution in [0.3, 0.4) is 0 Å². The lowest BCUT2D eigenvalue weighted by atomic mass is 9.56. The highest BCUT2D eigenvalue weighted by molar-refractivity contribution is 6.04. The summed E-state index contributed by atoms with van der Waals surface area (Å²) in [6.45, 7) is 1.76. The van der Waals surface area contributed by atoms with Crippen LogP contribution in [-0.4, -0.2) is 39.2 Å². The van der Waals surface area contributed by atoms with Crippen molar-refractivity contribution in [2.45, 2.75) is 26.2 Å². The Labute approximate surface area is 135 Å². The van der Waals surface area contributed by atoms with Gasteiger partial charge in [0, 0.05) is 5.92 Å². The summed E-state index contributed by atoms with van der Waals surface area (Å²) in [6.07, 6.45) is 6.76. The zero-order valence-electron chi connectivity index (χ0n) is 13.9. The monoisotopic (exact) mass is 322 g/mol. The number of carbonyl (C=O) groups excluding carboxylic acids is 3. The molecule has 0 aromatic rings. The number of carbonyl (C=O) groups is 3. The molecule has 0 N–H and O–H groups in total. The summed E-state index contributed by atoms with van der Waals surface area (Å²) in [7, 11) is 3.82. The predicted octanol–water partition coefficient (Wildman–Crippen LogP) is 1.79. The molecule has 0 aromatic heterocycles.